The van der Waals surface area contributed by atoms with Crippen LogP contribution >= 0.6 is 11.6 Å². The second kappa shape index (κ2) is 13.5. The van der Waals surface area contributed by atoms with Gasteiger partial charge in [0.25, 0.3) is 11.8 Å². The maximum atomic E-state index is 13.4. The molecular formula is C23H23ClF4N2O6. The first-order valence-electron chi connectivity index (χ1n) is 10.4. The van der Waals surface area contributed by atoms with Gasteiger partial charge in [-0.1, -0.05) is 17.7 Å². The topological polar surface area (TPSA) is 106 Å². The van der Waals surface area contributed by atoms with E-state index >= 15 is 0 Å². The maximum absolute atomic E-state index is 13.4. The quantitative estimate of drug-likeness (QED) is 0.269. The molecule has 2 aromatic carbocycles. The summed E-state index contributed by atoms with van der Waals surface area (Å²) in [7, 11) is 0. The third-order valence-electron chi connectivity index (χ3n) is 4.38. The molecular weight excluding hydrogens is 512 g/mol. The van der Waals surface area contributed by atoms with E-state index in [0.717, 1.165) is 18.2 Å². The van der Waals surface area contributed by atoms with Gasteiger partial charge in [-0.25, -0.2) is 4.39 Å². The van der Waals surface area contributed by atoms with E-state index in [2.05, 4.69) is 21.9 Å². The van der Waals surface area contributed by atoms with Crippen LogP contribution in [-0.4, -0.2) is 55.2 Å². The summed E-state index contributed by atoms with van der Waals surface area (Å²) >= 11 is 5.57. The van der Waals surface area contributed by atoms with E-state index in [4.69, 9.17) is 21.1 Å². The van der Waals surface area contributed by atoms with E-state index in [1.54, 1.807) is 0 Å². The van der Waals surface area contributed by atoms with E-state index in [9.17, 15) is 32.3 Å². The van der Waals surface area contributed by atoms with Crippen molar-refractivity contribution in [2.45, 2.75) is 24.9 Å². The molecule has 2 amide bonds. The molecule has 0 radical (unpaired) electrons. The summed E-state index contributed by atoms with van der Waals surface area (Å²) in [4.78, 5) is 24.0. The minimum atomic E-state index is -4.82. The zero-order valence-corrected chi connectivity index (χ0v) is 19.4. The number of alkyl halides is 3. The summed E-state index contributed by atoms with van der Waals surface area (Å²) in [5.41, 5.74) is 0. The first-order valence-corrected chi connectivity index (χ1v) is 10.8. The van der Waals surface area contributed by atoms with Gasteiger partial charge in [-0.3, -0.25) is 9.59 Å². The van der Waals surface area contributed by atoms with Gasteiger partial charge in [-0.15, -0.1) is 19.8 Å². The number of aliphatic hydroxyl groups is 1. The van der Waals surface area contributed by atoms with Crippen molar-refractivity contribution in [1.82, 2.24) is 10.6 Å². The van der Waals surface area contributed by atoms with Crippen molar-refractivity contribution in [2.24, 2.45) is 0 Å². The highest BCUT2D eigenvalue weighted by Gasteiger charge is 2.31. The molecule has 36 heavy (non-hydrogen) atoms. The highest BCUT2D eigenvalue weighted by atomic mass is 35.5. The Labute approximate surface area is 208 Å². The van der Waals surface area contributed by atoms with Crippen molar-refractivity contribution < 1.29 is 46.5 Å². The van der Waals surface area contributed by atoms with Crippen LogP contribution in [-0.2, 0) is 9.59 Å². The van der Waals surface area contributed by atoms with Gasteiger partial charge in [0.15, 0.2) is 13.2 Å². The summed E-state index contributed by atoms with van der Waals surface area (Å²) < 4.78 is 64.0. The van der Waals surface area contributed by atoms with Crippen LogP contribution in [0.4, 0.5) is 17.6 Å². The molecule has 0 saturated carbocycles. The lowest BCUT2D eigenvalue weighted by molar-refractivity contribution is -0.274. The van der Waals surface area contributed by atoms with Crippen LogP contribution in [0.1, 0.15) is 6.42 Å². The molecule has 196 valence electrons. The molecule has 0 aliphatic heterocycles. The van der Waals surface area contributed by atoms with E-state index in [-0.39, 0.29) is 29.5 Å². The Morgan fingerprint density at radius 3 is 2.22 bits per heavy atom. The molecule has 8 nitrogen and oxygen atoms in total. The Morgan fingerprint density at radius 2 is 1.61 bits per heavy atom. The van der Waals surface area contributed by atoms with Gasteiger partial charge < -0.3 is 30.0 Å². The zero-order valence-electron chi connectivity index (χ0n) is 18.7. The Kier molecular flexibility index (Phi) is 10.8. The second-order valence-electron chi connectivity index (χ2n) is 7.28. The molecule has 0 aromatic heterocycles. The standard InChI is InChI=1S/C23H23ClF4N2O6/c1-2-14(30-22(33)13-34-16-3-5-17(6-4-16)36-23(26,27)28)9-15(31)11-29-21(32)12-35-18-7-8-19(24)20(25)10-18/h2-8,10,14-15,31H,1,9,11-13H2,(H,29,32)(H,30,33)/t14?,15-/m0/s1. The average molecular weight is 535 g/mol. The van der Waals surface area contributed by atoms with Crippen LogP contribution in [0.3, 0.4) is 0 Å². The smallest absolute Gasteiger partial charge is 0.484 e. The highest BCUT2D eigenvalue weighted by Crippen LogP contribution is 2.24. The molecule has 3 N–H and O–H groups in total. The average Bonchev–Trinajstić information content (AvgIpc) is 2.81. The van der Waals surface area contributed by atoms with E-state index in [1.807, 2.05) is 0 Å². The number of aliphatic hydroxyl groups excluding tert-OH is 1. The van der Waals surface area contributed by atoms with E-state index in [1.165, 1.54) is 30.3 Å². The Bertz CT molecular complexity index is 1040. The zero-order chi connectivity index (χ0) is 26.7. The fourth-order valence-corrected chi connectivity index (χ4v) is 2.84. The minimum Gasteiger partial charge on any atom is -0.484 e. The lowest BCUT2D eigenvalue weighted by Gasteiger charge is -2.19. The largest absolute Gasteiger partial charge is 0.573 e. The van der Waals surface area contributed by atoms with Gasteiger partial charge in [0.2, 0.25) is 0 Å². The number of nitrogens with one attached hydrogen (secondary N) is 2. The van der Waals surface area contributed by atoms with Crippen molar-refractivity contribution in [2.75, 3.05) is 19.8 Å². The first kappa shape index (κ1) is 28.7. The highest BCUT2D eigenvalue weighted by molar-refractivity contribution is 6.30. The van der Waals surface area contributed by atoms with E-state index in [0.29, 0.717) is 0 Å². The van der Waals surface area contributed by atoms with Crippen LogP contribution in [0.5, 0.6) is 17.2 Å². The molecule has 1 unspecified atom stereocenters. The normalized spacial score (nSPS) is 12.7. The summed E-state index contributed by atoms with van der Waals surface area (Å²) in [6.45, 7) is 2.56. The summed E-state index contributed by atoms with van der Waals surface area (Å²) in [5.74, 6) is -2.02. The van der Waals surface area contributed by atoms with Crippen LogP contribution in [0.2, 0.25) is 5.02 Å². The fourth-order valence-electron chi connectivity index (χ4n) is 2.72. The molecule has 0 aliphatic rings. The molecule has 0 heterocycles. The maximum Gasteiger partial charge on any atom is 0.573 e. The van der Waals surface area contributed by atoms with Crippen LogP contribution in [0, 0.1) is 5.82 Å². The number of carbonyl (C=O) groups is 2. The molecule has 2 atom stereocenters. The molecule has 0 fully saturated rings. The third-order valence-corrected chi connectivity index (χ3v) is 4.69. The number of hydrogen-bond acceptors (Lipinski definition) is 6. The molecule has 2 aromatic rings. The fraction of sp³-hybridized carbons (Fsp3) is 0.304. The second-order valence-corrected chi connectivity index (χ2v) is 7.68. The van der Waals surface area contributed by atoms with E-state index < -0.39 is 55.1 Å². The SMILES string of the molecule is C=CC(C[C@H](O)CNC(=O)COc1ccc(Cl)c(F)c1)NC(=O)COc1ccc(OC(F)(F)F)cc1. The van der Waals surface area contributed by atoms with Crippen LogP contribution < -0.4 is 24.8 Å². The summed E-state index contributed by atoms with van der Waals surface area (Å²) in [6.07, 6.45) is -4.47. The number of rotatable bonds is 13. The number of amides is 2. The molecule has 0 spiro atoms. The van der Waals surface area contributed by atoms with Crippen LogP contribution in [0.25, 0.3) is 0 Å². The number of hydrogen-bond donors (Lipinski definition) is 3. The van der Waals surface area contributed by atoms with Crippen molar-refractivity contribution in [3.05, 3.63) is 66.0 Å². The molecule has 0 saturated heterocycles. The van der Waals surface area contributed by atoms with Crippen molar-refractivity contribution in [3.8, 4) is 17.2 Å². The van der Waals surface area contributed by atoms with Crippen molar-refractivity contribution >= 4 is 23.4 Å². The number of ether oxygens (including phenoxy) is 3. The number of halogens is 5. The molecule has 2 rings (SSSR count). The summed E-state index contributed by atoms with van der Waals surface area (Å²) in [6, 6.07) is 7.54. The van der Waals surface area contributed by atoms with Crippen molar-refractivity contribution in [1.29, 1.82) is 0 Å². The minimum absolute atomic E-state index is 0.0161. The van der Waals surface area contributed by atoms with Gasteiger partial charge in [-0.05, 0) is 42.8 Å². The lowest BCUT2D eigenvalue weighted by Crippen LogP contribution is -2.42. The predicted molar refractivity (Wildman–Crippen MR) is 121 cm³/mol. The predicted octanol–water partition coefficient (Wildman–Crippen LogP) is 3.37. The number of carbonyl (C=O) groups excluding carboxylic acids is 2. The number of benzene rings is 2. The Hall–Kier alpha value is -3.51. The van der Waals surface area contributed by atoms with Gasteiger partial charge >= 0.3 is 6.36 Å². The van der Waals surface area contributed by atoms with Gasteiger partial charge in [0.05, 0.1) is 11.1 Å². The first-order chi connectivity index (χ1) is 16.9. The molecule has 0 aliphatic carbocycles. The van der Waals surface area contributed by atoms with Gasteiger partial charge in [0.1, 0.15) is 23.1 Å². The molecule has 0 bridgehead atoms. The molecule has 13 heteroatoms. The Balaban J connectivity index is 1.69. The lowest BCUT2D eigenvalue weighted by atomic mass is 10.1. The summed E-state index contributed by atoms with van der Waals surface area (Å²) in [5, 5.41) is 15.0. The Morgan fingerprint density at radius 1 is 1.03 bits per heavy atom. The monoisotopic (exact) mass is 534 g/mol. The van der Waals surface area contributed by atoms with Crippen LogP contribution in [0.15, 0.2) is 55.1 Å². The van der Waals surface area contributed by atoms with Crippen molar-refractivity contribution in [3.63, 3.8) is 0 Å². The third kappa shape index (κ3) is 10.8. The van der Waals surface area contributed by atoms with Gasteiger partial charge in [0, 0.05) is 18.7 Å². The van der Waals surface area contributed by atoms with Gasteiger partial charge in [-0.2, -0.15) is 0 Å².